The number of phenols is 1. The molecule has 0 heterocycles. The number of methoxy groups -OCH3 is 1. The monoisotopic (exact) mass is 663 g/mol. The van der Waals surface area contributed by atoms with Crippen molar-refractivity contribution in [2.24, 2.45) is 11.8 Å². The summed E-state index contributed by atoms with van der Waals surface area (Å²) in [5.41, 5.74) is 4.41. The minimum atomic E-state index is -0.773. The molecule has 0 radical (unpaired) electrons. The zero-order chi connectivity index (χ0) is 34.6. The highest BCUT2D eigenvalue weighted by atomic mass is 16.5. The molecule has 3 atom stereocenters. The molecule has 5 rings (SSSR count). The fraction of sp³-hybridized carbons (Fsp3) is 0.357. The summed E-state index contributed by atoms with van der Waals surface area (Å²) >= 11 is 0. The zero-order valence-corrected chi connectivity index (χ0v) is 28.6. The van der Waals surface area contributed by atoms with Crippen LogP contribution in [0.2, 0.25) is 0 Å². The summed E-state index contributed by atoms with van der Waals surface area (Å²) in [4.78, 5) is 13.0. The van der Waals surface area contributed by atoms with Crippen molar-refractivity contribution in [2.75, 3.05) is 19.0 Å². The first-order valence-corrected chi connectivity index (χ1v) is 17.4. The van der Waals surface area contributed by atoms with Crippen LogP contribution < -0.4 is 14.8 Å². The molecule has 0 spiro atoms. The molecule has 0 saturated carbocycles. The van der Waals surface area contributed by atoms with Crippen molar-refractivity contribution in [3.05, 3.63) is 120 Å². The Bertz CT molecular complexity index is 1760. The summed E-state index contributed by atoms with van der Waals surface area (Å²) in [5.74, 6) is 1.88. The van der Waals surface area contributed by atoms with Crippen LogP contribution in [0.25, 0.3) is 10.8 Å². The summed E-state index contributed by atoms with van der Waals surface area (Å²) in [7, 11) is 1.60. The van der Waals surface area contributed by atoms with E-state index in [0.717, 1.165) is 59.8 Å². The van der Waals surface area contributed by atoms with Crippen molar-refractivity contribution in [1.82, 2.24) is 0 Å². The lowest BCUT2D eigenvalue weighted by Crippen LogP contribution is -2.23. The van der Waals surface area contributed by atoms with Gasteiger partial charge in [0.2, 0.25) is 0 Å². The number of nitrogens with one attached hydrogen (secondary N) is 1. The first-order chi connectivity index (χ1) is 23.8. The number of phenolic OH excluding ortho intramolecular Hbond substituents is 1. The Morgan fingerprint density at radius 3 is 2.49 bits per heavy atom. The number of hydrogen-bond acceptors (Lipinski definition) is 7. The van der Waals surface area contributed by atoms with Gasteiger partial charge in [0.05, 0.1) is 13.2 Å². The average Bonchev–Trinajstić information content (AvgIpc) is 3.09. The molecule has 49 heavy (non-hydrogen) atoms. The van der Waals surface area contributed by atoms with Crippen LogP contribution >= 0.6 is 0 Å². The van der Waals surface area contributed by atoms with Gasteiger partial charge in [-0.3, -0.25) is 4.79 Å². The number of unbranched alkanes of at least 4 members (excludes halogenated alkanes) is 1. The maximum atomic E-state index is 13.0. The number of ether oxygens (including phenoxy) is 2. The van der Waals surface area contributed by atoms with E-state index in [2.05, 4.69) is 42.6 Å². The number of Topliss-reactive ketones (excluding diaryl/α,β-unsaturated/α-hetero) is 1. The van der Waals surface area contributed by atoms with Gasteiger partial charge in [0.25, 0.3) is 0 Å². The maximum absolute atomic E-state index is 13.0. The highest BCUT2D eigenvalue weighted by molar-refractivity contribution is 5.84. The number of allylic oxidation sites excluding steroid dienone is 3. The number of ketones is 1. The molecule has 258 valence electrons. The van der Waals surface area contributed by atoms with Gasteiger partial charge in [0, 0.05) is 25.1 Å². The third kappa shape index (κ3) is 10.6. The molecule has 0 aliphatic heterocycles. The molecule has 0 bridgehead atoms. The van der Waals surface area contributed by atoms with Crippen molar-refractivity contribution < 1.29 is 29.6 Å². The Morgan fingerprint density at radius 2 is 1.65 bits per heavy atom. The van der Waals surface area contributed by atoms with E-state index in [1.165, 1.54) is 5.56 Å². The highest BCUT2D eigenvalue weighted by Gasteiger charge is 2.25. The third-order valence-corrected chi connectivity index (χ3v) is 9.22. The Morgan fingerprint density at radius 1 is 0.857 bits per heavy atom. The van der Waals surface area contributed by atoms with Crippen LogP contribution in [0.1, 0.15) is 62.1 Å². The van der Waals surface area contributed by atoms with Gasteiger partial charge in [-0.25, -0.2) is 0 Å². The molecule has 0 aromatic heterocycles. The van der Waals surface area contributed by atoms with E-state index in [0.29, 0.717) is 37.4 Å². The number of aryl methyl sites for hydroxylation is 2. The number of carbonyl (C=O) groups excluding carboxylic acids is 1. The predicted octanol–water partition coefficient (Wildman–Crippen LogP) is 8.86. The molecule has 7 heteroatoms. The smallest absolute Gasteiger partial charge is 0.161 e. The number of aliphatic hydroxyl groups excluding tert-OH is 2. The van der Waals surface area contributed by atoms with E-state index in [9.17, 15) is 20.1 Å². The van der Waals surface area contributed by atoms with Gasteiger partial charge in [-0.1, -0.05) is 48.9 Å². The molecular weight excluding hydrogens is 614 g/mol. The van der Waals surface area contributed by atoms with E-state index in [1.807, 2.05) is 48.5 Å². The third-order valence-electron chi connectivity index (χ3n) is 9.22. The Balaban J connectivity index is 1.08. The standard InChI is InChI=1S/C42H49NO6/c1-3-43-36-10-6-8-29(22-36)7-4-5-9-32-15-18-38(45)25-35(32)26-40(47)27-39(46)17-12-30-13-20-41(48-2)42(23-30)49-28-31-11-14-34-24-37(44)19-16-33(34)21-31/h6,8,10-11,13-16,18-25,32,35,40,43-45,47H,3-5,7,9,12,17,26-28H2,1-2H3/t32-,35+,40-/m0/s1. The highest BCUT2D eigenvalue weighted by Crippen LogP contribution is 2.32. The zero-order valence-electron chi connectivity index (χ0n) is 28.6. The summed E-state index contributed by atoms with van der Waals surface area (Å²) in [6.07, 6.45) is 10.3. The van der Waals surface area contributed by atoms with Crippen LogP contribution in [0.3, 0.4) is 0 Å². The van der Waals surface area contributed by atoms with Crippen molar-refractivity contribution in [2.45, 2.75) is 71.0 Å². The van der Waals surface area contributed by atoms with Gasteiger partial charge in [0.15, 0.2) is 11.5 Å². The molecule has 0 amide bonds. The maximum Gasteiger partial charge on any atom is 0.161 e. The second-order valence-corrected chi connectivity index (χ2v) is 13.0. The van der Waals surface area contributed by atoms with E-state index < -0.39 is 6.10 Å². The molecule has 4 aromatic carbocycles. The lowest BCUT2D eigenvalue weighted by Gasteiger charge is -2.27. The molecule has 1 aliphatic carbocycles. The van der Waals surface area contributed by atoms with Crippen LogP contribution in [-0.2, 0) is 24.2 Å². The largest absolute Gasteiger partial charge is 0.508 e. The van der Waals surface area contributed by atoms with Crippen molar-refractivity contribution in [3.63, 3.8) is 0 Å². The SMILES string of the molecule is CCNc1cccc(CCCC[C@H]2C=CC(O)=C[C@@H]2C[C@H](O)CC(=O)CCc2ccc(OC)c(OCc3ccc4cc(O)ccc4c3)c2)c1. The lowest BCUT2D eigenvalue weighted by atomic mass is 9.80. The van der Waals surface area contributed by atoms with Crippen molar-refractivity contribution in [1.29, 1.82) is 0 Å². The molecular formula is C42H49NO6. The van der Waals surface area contributed by atoms with Crippen molar-refractivity contribution >= 4 is 22.2 Å². The minimum Gasteiger partial charge on any atom is -0.508 e. The second kappa shape index (κ2) is 17.6. The van der Waals surface area contributed by atoms with Gasteiger partial charge in [0.1, 0.15) is 23.9 Å². The first-order valence-electron chi connectivity index (χ1n) is 17.4. The minimum absolute atomic E-state index is 0.00360. The van der Waals surface area contributed by atoms with Crippen LogP contribution in [0.4, 0.5) is 5.69 Å². The molecule has 4 N–H and O–H groups in total. The Kier molecular flexibility index (Phi) is 12.8. The summed E-state index contributed by atoms with van der Waals surface area (Å²) in [6.45, 7) is 3.34. The lowest BCUT2D eigenvalue weighted by molar-refractivity contribution is -0.121. The van der Waals surface area contributed by atoms with Crippen LogP contribution in [0, 0.1) is 11.8 Å². The fourth-order valence-electron chi connectivity index (χ4n) is 6.64. The number of benzene rings is 4. The second-order valence-electron chi connectivity index (χ2n) is 13.0. The normalized spacial score (nSPS) is 16.3. The van der Waals surface area contributed by atoms with Crippen molar-refractivity contribution in [3.8, 4) is 17.2 Å². The van der Waals surface area contributed by atoms with Gasteiger partial charge in [-0.05, 0) is 133 Å². The van der Waals surface area contributed by atoms with Crippen LogP contribution in [0.15, 0.2) is 103 Å². The summed E-state index contributed by atoms with van der Waals surface area (Å²) < 4.78 is 11.7. The summed E-state index contributed by atoms with van der Waals surface area (Å²) in [6, 6.07) is 25.5. The quantitative estimate of drug-likeness (QED) is 0.0788. The number of rotatable bonds is 18. The molecule has 0 unspecified atom stereocenters. The van der Waals surface area contributed by atoms with Gasteiger partial charge in [-0.2, -0.15) is 0 Å². The number of fused-ring (bicyclic) bond motifs is 1. The van der Waals surface area contributed by atoms with Gasteiger partial charge >= 0.3 is 0 Å². The molecule has 0 saturated heterocycles. The molecule has 1 aliphatic rings. The molecule has 4 aromatic rings. The van der Waals surface area contributed by atoms with E-state index in [1.54, 1.807) is 25.3 Å². The topological polar surface area (TPSA) is 108 Å². The number of aliphatic hydroxyl groups is 2. The van der Waals surface area contributed by atoms with E-state index in [4.69, 9.17) is 9.47 Å². The summed E-state index contributed by atoms with van der Waals surface area (Å²) in [5, 5.41) is 36.2. The van der Waals surface area contributed by atoms with Gasteiger partial charge < -0.3 is 30.1 Å². The Labute approximate surface area is 289 Å². The molecule has 0 fully saturated rings. The first kappa shape index (κ1) is 35.6. The number of carbonyl (C=O) groups is 1. The van der Waals surface area contributed by atoms with Crippen LogP contribution in [0.5, 0.6) is 17.2 Å². The number of anilines is 1. The van der Waals surface area contributed by atoms with Gasteiger partial charge in [-0.15, -0.1) is 0 Å². The average molecular weight is 664 g/mol. The predicted molar refractivity (Wildman–Crippen MR) is 197 cm³/mol. The number of aromatic hydroxyl groups is 1. The molecule has 7 nitrogen and oxygen atoms in total. The van der Waals surface area contributed by atoms with E-state index >= 15 is 0 Å². The van der Waals surface area contributed by atoms with Crippen LogP contribution in [-0.4, -0.2) is 40.9 Å². The fourth-order valence-corrected chi connectivity index (χ4v) is 6.64. The Hall–Kier alpha value is -4.75. The van der Waals surface area contributed by atoms with E-state index in [-0.39, 0.29) is 35.5 Å². The number of hydrogen-bond donors (Lipinski definition) is 4.